The van der Waals surface area contributed by atoms with Crippen molar-refractivity contribution in [2.24, 2.45) is 0 Å². The molecule has 0 aromatic carbocycles. The van der Waals surface area contributed by atoms with Gasteiger partial charge >= 0.3 is 0 Å². The summed E-state index contributed by atoms with van der Waals surface area (Å²) in [5.41, 5.74) is 0.643. The first kappa shape index (κ1) is 9.82. The van der Waals surface area contributed by atoms with Gasteiger partial charge in [-0.1, -0.05) is 13.8 Å². The molecule has 0 bridgehead atoms. The summed E-state index contributed by atoms with van der Waals surface area (Å²) in [4.78, 5) is 4.17. The Kier molecular flexibility index (Phi) is 1.88. The van der Waals surface area contributed by atoms with E-state index in [1.807, 2.05) is 0 Å². The van der Waals surface area contributed by atoms with Gasteiger partial charge in [-0.15, -0.1) is 0 Å². The smallest absolute Gasteiger partial charge is 0.168 e. The number of hydrogen-bond donors (Lipinski definition) is 0. The van der Waals surface area contributed by atoms with E-state index in [0.29, 0.717) is 24.5 Å². The lowest BCUT2D eigenvalue weighted by Crippen LogP contribution is -1.93. The normalized spacial score (nSPS) is 18.2. The van der Waals surface area contributed by atoms with Gasteiger partial charge in [0.15, 0.2) is 5.67 Å². The SMILES string of the molecule is CC(C)c1cncc2cc(C3(F)CC3)oc12. The third kappa shape index (κ3) is 1.34. The average molecular weight is 219 g/mol. The fourth-order valence-electron chi connectivity index (χ4n) is 1.97. The molecule has 2 aromatic heterocycles. The average Bonchev–Trinajstić information content (AvgIpc) is 2.85. The predicted octanol–water partition coefficient (Wildman–Crippen LogP) is 3.91. The lowest BCUT2D eigenvalue weighted by Gasteiger charge is -2.04. The second kappa shape index (κ2) is 3.06. The van der Waals surface area contributed by atoms with Crippen LogP contribution in [0, 0.1) is 0 Å². The first-order valence-corrected chi connectivity index (χ1v) is 5.67. The molecule has 0 spiro atoms. The number of fused-ring (bicyclic) bond motifs is 1. The van der Waals surface area contributed by atoms with Crippen molar-refractivity contribution in [2.45, 2.75) is 38.3 Å². The standard InChI is InChI=1S/C13H14FNO/c1-8(2)10-7-15-6-9-5-11(16-12(9)10)13(14)3-4-13/h5-8H,3-4H2,1-2H3. The summed E-state index contributed by atoms with van der Waals surface area (Å²) in [6.45, 7) is 4.17. The number of rotatable bonds is 2. The molecule has 2 nitrogen and oxygen atoms in total. The molecule has 3 rings (SSSR count). The van der Waals surface area contributed by atoms with Gasteiger partial charge in [0.25, 0.3) is 0 Å². The minimum Gasteiger partial charge on any atom is -0.457 e. The number of pyridine rings is 1. The number of halogens is 1. The highest BCUT2D eigenvalue weighted by Crippen LogP contribution is 2.51. The molecule has 0 N–H and O–H groups in total. The lowest BCUT2D eigenvalue weighted by atomic mass is 10.0. The highest BCUT2D eigenvalue weighted by molar-refractivity contribution is 5.80. The Labute approximate surface area is 93.5 Å². The van der Waals surface area contributed by atoms with Gasteiger partial charge < -0.3 is 4.42 Å². The van der Waals surface area contributed by atoms with Gasteiger partial charge in [-0.3, -0.25) is 4.98 Å². The highest BCUT2D eigenvalue weighted by Gasteiger charge is 2.48. The maximum Gasteiger partial charge on any atom is 0.168 e. The number of alkyl halides is 1. The zero-order chi connectivity index (χ0) is 11.3. The van der Waals surface area contributed by atoms with E-state index in [1.54, 1.807) is 18.5 Å². The molecule has 1 saturated carbocycles. The van der Waals surface area contributed by atoms with Gasteiger partial charge in [0, 0.05) is 23.3 Å². The van der Waals surface area contributed by atoms with Crippen LogP contribution in [0.5, 0.6) is 0 Å². The van der Waals surface area contributed by atoms with Gasteiger partial charge in [-0.2, -0.15) is 0 Å². The number of furan rings is 1. The Hall–Kier alpha value is -1.38. The minimum absolute atomic E-state index is 0.338. The van der Waals surface area contributed by atoms with E-state index >= 15 is 0 Å². The molecule has 84 valence electrons. The third-order valence-electron chi connectivity index (χ3n) is 3.20. The number of nitrogens with zero attached hydrogens (tertiary/aromatic N) is 1. The largest absolute Gasteiger partial charge is 0.457 e. The molecule has 2 aromatic rings. The van der Waals surface area contributed by atoms with Crippen LogP contribution in [0.25, 0.3) is 11.0 Å². The van der Waals surface area contributed by atoms with Crippen LogP contribution in [0.1, 0.15) is 43.9 Å². The molecule has 2 heterocycles. The molecule has 3 heteroatoms. The number of aromatic nitrogens is 1. The highest BCUT2D eigenvalue weighted by atomic mass is 19.1. The van der Waals surface area contributed by atoms with E-state index in [-0.39, 0.29) is 0 Å². The summed E-state index contributed by atoms with van der Waals surface area (Å²) in [5.74, 6) is 0.808. The van der Waals surface area contributed by atoms with Crippen molar-refractivity contribution in [3.05, 3.63) is 29.8 Å². The Morgan fingerprint density at radius 1 is 1.38 bits per heavy atom. The second-order valence-electron chi connectivity index (χ2n) is 4.88. The predicted molar refractivity (Wildman–Crippen MR) is 60.1 cm³/mol. The fraction of sp³-hybridized carbons (Fsp3) is 0.462. The topological polar surface area (TPSA) is 26.0 Å². The van der Waals surface area contributed by atoms with Crippen LogP contribution in [-0.4, -0.2) is 4.98 Å². The molecule has 0 aliphatic heterocycles. The molecule has 1 fully saturated rings. The van der Waals surface area contributed by atoms with Crippen molar-refractivity contribution >= 4 is 11.0 Å². The van der Waals surface area contributed by atoms with Gasteiger partial charge in [-0.25, -0.2) is 4.39 Å². The van der Waals surface area contributed by atoms with Gasteiger partial charge in [0.05, 0.1) is 0 Å². The van der Waals surface area contributed by atoms with E-state index in [9.17, 15) is 4.39 Å². The summed E-state index contributed by atoms with van der Waals surface area (Å²) in [7, 11) is 0. The Balaban J connectivity index is 2.20. The zero-order valence-corrected chi connectivity index (χ0v) is 9.46. The molecule has 1 aliphatic rings. The first-order chi connectivity index (χ1) is 7.60. The van der Waals surface area contributed by atoms with Crippen LogP contribution in [-0.2, 0) is 5.67 Å². The molecule has 0 radical (unpaired) electrons. The minimum atomic E-state index is -1.20. The molecule has 0 unspecified atom stereocenters. The molecule has 16 heavy (non-hydrogen) atoms. The van der Waals surface area contributed by atoms with E-state index in [0.717, 1.165) is 16.5 Å². The molecular weight excluding hydrogens is 205 g/mol. The fourth-order valence-corrected chi connectivity index (χ4v) is 1.97. The third-order valence-corrected chi connectivity index (χ3v) is 3.20. The van der Waals surface area contributed by atoms with Crippen molar-refractivity contribution in [3.63, 3.8) is 0 Å². The van der Waals surface area contributed by atoms with E-state index in [2.05, 4.69) is 18.8 Å². The molecule has 0 atom stereocenters. The van der Waals surface area contributed by atoms with Gasteiger partial charge in [-0.05, 0) is 24.8 Å². The van der Waals surface area contributed by atoms with E-state index < -0.39 is 5.67 Å². The molecular formula is C13H14FNO. The van der Waals surface area contributed by atoms with E-state index in [4.69, 9.17) is 4.42 Å². The van der Waals surface area contributed by atoms with Crippen LogP contribution < -0.4 is 0 Å². The monoisotopic (exact) mass is 219 g/mol. The summed E-state index contributed by atoms with van der Waals surface area (Å²) < 4.78 is 19.6. The maximum absolute atomic E-state index is 13.9. The van der Waals surface area contributed by atoms with Gasteiger partial charge in [0.1, 0.15) is 11.3 Å². The Bertz CT molecular complexity index is 540. The molecule has 0 saturated heterocycles. The van der Waals surface area contributed by atoms with E-state index in [1.165, 1.54) is 0 Å². The second-order valence-corrected chi connectivity index (χ2v) is 4.88. The first-order valence-electron chi connectivity index (χ1n) is 5.67. The van der Waals surface area contributed by atoms with Crippen molar-refractivity contribution in [2.75, 3.05) is 0 Å². The van der Waals surface area contributed by atoms with Crippen molar-refractivity contribution in [3.8, 4) is 0 Å². The van der Waals surface area contributed by atoms with Crippen molar-refractivity contribution in [1.29, 1.82) is 0 Å². The molecule has 0 amide bonds. The summed E-state index contributed by atoms with van der Waals surface area (Å²) in [6, 6.07) is 1.79. The summed E-state index contributed by atoms with van der Waals surface area (Å²) in [5, 5.41) is 0.908. The van der Waals surface area contributed by atoms with Crippen LogP contribution in [0.4, 0.5) is 4.39 Å². The molecule has 1 aliphatic carbocycles. The van der Waals surface area contributed by atoms with Crippen molar-refractivity contribution in [1.82, 2.24) is 4.98 Å². The summed E-state index contributed by atoms with van der Waals surface area (Å²) >= 11 is 0. The Morgan fingerprint density at radius 3 is 2.75 bits per heavy atom. The Morgan fingerprint density at radius 2 is 2.12 bits per heavy atom. The lowest BCUT2D eigenvalue weighted by molar-refractivity contribution is 0.267. The summed E-state index contributed by atoms with van der Waals surface area (Å²) in [6.07, 6.45) is 4.70. The van der Waals surface area contributed by atoms with Crippen LogP contribution in [0.15, 0.2) is 22.9 Å². The zero-order valence-electron chi connectivity index (χ0n) is 9.46. The van der Waals surface area contributed by atoms with Crippen LogP contribution >= 0.6 is 0 Å². The van der Waals surface area contributed by atoms with Crippen LogP contribution in [0.3, 0.4) is 0 Å². The number of hydrogen-bond acceptors (Lipinski definition) is 2. The van der Waals surface area contributed by atoms with Gasteiger partial charge in [0.2, 0.25) is 0 Å². The quantitative estimate of drug-likeness (QED) is 0.765. The van der Waals surface area contributed by atoms with Crippen LogP contribution in [0.2, 0.25) is 0 Å². The van der Waals surface area contributed by atoms with Crippen molar-refractivity contribution < 1.29 is 8.81 Å². The maximum atomic E-state index is 13.9.